The lowest BCUT2D eigenvalue weighted by atomic mass is 10.0. The number of piperazine rings is 1. The summed E-state index contributed by atoms with van der Waals surface area (Å²) in [6.45, 7) is 5.34. The van der Waals surface area contributed by atoms with Gasteiger partial charge in [-0.15, -0.1) is 0 Å². The first-order valence-corrected chi connectivity index (χ1v) is 6.95. The van der Waals surface area contributed by atoms with Crippen LogP contribution in [0, 0.1) is 0 Å². The number of nitrogens with zero attached hydrogens (tertiary/aromatic N) is 2. The number of hydrogen-bond acceptors (Lipinski definition) is 4. The summed E-state index contributed by atoms with van der Waals surface area (Å²) in [4.78, 5) is 4.80. The maximum atomic E-state index is 5.54. The highest BCUT2D eigenvalue weighted by Crippen LogP contribution is 2.29. The van der Waals surface area contributed by atoms with Crippen LogP contribution in [0.4, 0.5) is 0 Å². The van der Waals surface area contributed by atoms with E-state index in [9.17, 15) is 0 Å². The lowest BCUT2D eigenvalue weighted by Crippen LogP contribution is -2.47. The third-order valence-electron chi connectivity index (χ3n) is 3.63. The molecule has 106 valence electrons. The van der Waals surface area contributed by atoms with Crippen molar-refractivity contribution in [2.75, 3.05) is 53.9 Å². The van der Waals surface area contributed by atoms with E-state index in [2.05, 4.69) is 47.4 Å². The molecule has 1 atom stereocenters. The highest BCUT2D eigenvalue weighted by atomic mass is 16.5. The van der Waals surface area contributed by atoms with Crippen molar-refractivity contribution in [1.29, 1.82) is 0 Å². The molecule has 0 amide bonds. The Hall–Kier alpha value is -1.10. The highest BCUT2D eigenvalue weighted by Gasteiger charge is 2.24. The normalized spacial score (nSPS) is 18.5. The van der Waals surface area contributed by atoms with E-state index in [1.165, 1.54) is 5.56 Å². The number of hydrogen-bond donors (Lipinski definition) is 1. The standard InChI is InChI=1S/C15H25N3O/c1-17(2)12-14(18-10-8-16-9-11-18)13-6-4-5-7-15(13)19-3/h4-7,14,16H,8-12H2,1-3H3. The average Bonchev–Trinajstić information content (AvgIpc) is 2.45. The van der Waals surface area contributed by atoms with Gasteiger partial charge in [-0.3, -0.25) is 4.90 Å². The van der Waals surface area contributed by atoms with Crippen molar-refractivity contribution < 1.29 is 4.74 Å². The van der Waals surface area contributed by atoms with Gasteiger partial charge in [0.15, 0.2) is 0 Å². The van der Waals surface area contributed by atoms with E-state index in [0.717, 1.165) is 38.5 Å². The van der Waals surface area contributed by atoms with Crippen molar-refractivity contribution >= 4 is 0 Å². The van der Waals surface area contributed by atoms with Gasteiger partial charge in [0.25, 0.3) is 0 Å². The first kappa shape index (κ1) is 14.3. The van der Waals surface area contributed by atoms with E-state index in [1.54, 1.807) is 7.11 Å². The van der Waals surface area contributed by atoms with Gasteiger partial charge in [0.05, 0.1) is 13.2 Å². The Morgan fingerprint density at radius 3 is 2.58 bits per heavy atom. The Balaban J connectivity index is 2.25. The van der Waals surface area contributed by atoms with Crippen molar-refractivity contribution in [2.24, 2.45) is 0 Å². The van der Waals surface area contributed by atoms with E-state index in [0.29, 0.717) is 6.04 Å². The van der Waals surface area contributed by atoms with Crippen LogP contribution in [0.25, 0.3) is 0 Å². The molecular formula is C15H25N3O. The van der Waals surface area contributed by atoms with Gasteiger partial charge in [-0.1, -0.05) is 18.2 Å². The molecule has 1 aliphatic heterocycles. The van der Waals surface area contributed by atoms with E-state index in [-0.39, 0.29) is 0 Å². The maximum absolute atomic E-state index is 5.54. The van der Waals surface area contributed by atoms with Crippen LogP contribution >= 0.6 is 0 Å². The minimum absolute atomic E-state index is 0.397. The van der Waals surface area contributed by atoms with E-state index >= 15 is 0 Å². The molecule has 1 N–H and O–H groups in total. The fraction of sp³-hybridized carbons (Fsp3) is 0.600. The molecule has 1 unspecified atom stereocenters. The molecule has 0 aromatic heterocycles. The smallest absolute Gasteiger partial charge is 0.123 e. The van der Waals surface area contributed by atoms with Gasteiger partial charge in [0.2, 0.25) is 0 Å². The summed E-state index contributed by atoms with van der Waals surface area (Å²) in [5.74, 6) is 0.993. The van der Waals surface area contributed by atoms with E-state index in [1.807, 2.05) is 6.07 Å². The van der Waals surface area contributed by atoms with Crippen molar-refractivity contribution in [3.63, 3.8) is 0 Å². The summed E-state index contributed by atoms with van der Waals surface area (Å²) in [7, 11) is 6.01. The summed E-state index contributed by atoms with van der Waals surface area (Å²) in [6, 6.07) is 8.78. The van der Waals surface area contributed by atoms with Crippen LogP contribution in [0.15, 0.2) is 24.3 Å². The molecule has 0 saturated carbocycles. The summed E-state index contributed by atoms with van der Waals surface area (Å²) >= 11 is 0. The summed E-state index contributed by atoms with van der Waals surface area (Å²) in [5, 5.41) is 3.42. The summed E-state index contributed by atoms with van der Waals surface area (Å²) in [5.41, 5.74) is 1.29. The molecule has 0 radical (unpaired) electrons. The van der Waals surface area contributed by atoms with Gasteiger partial charge in [0.1, 0.15) is 5.75 Å². The van der Waals surface area contributed by atoms with E-state index < -0.39 is 0 Å². The van der Waals surface area contributed by atoms with Crippen LogP contribution in [0.5, 0.6) is 5.75 Å². The topological polar surface area (TPSA) is 27.7 Å². The number of benzene rings is 1. The first-order valence-electron chi connectivity index (χ1n) is 6.95. The van der Waals surface area contributed by atoms with Gasteiger partial charge >= 0.3 is 0 Å². The number of nitrogens with one attached hydrogen (secondary N) is 1. The highest BCUT2D eigenvalue weighted by molar-refractivity contribution is 5.36. The van der Waals surface area contributed by atoms with Gasteiger partial charge in [-0.2, -0.15) is 0 Å². The van der Waals surface area contributed by atoms with Crippen molar-refractivity contribution in [3.8, 4) is 5.75 Å². The zero-order valence-corrected chi connectivity index (χ0v) is 12.2. The lowest BCUT2D eigenvalue weighted by molar-refractivity contribution is 0.142. The molecule has 1 fully saturated rings. The predicted octanol–water partition coefficient (Wildman–Crippen LogP) is 1.20. The fourth-order valence-corrected chi connectivity index (χ4v) is 2.69. The molecule has 4 nitrogen and oxygen atoms in total. The summed E-state index contributed by atoms with van der Waals surface area (Å²) < 4.78 is 5.54. The zero-order chi connectivity index (χ0) is 13.7. The molecular weight excluding hydrogens is 238 g/mol. The van der Waals surface area contributed by atoms with Gasteiger partial charge in [-0.05, 0) is 20.2 Å². The number of methoxy groups -OCH3 is 1. The van der Waals surface area contributed by atoms with Crippen molar-refractivity contribution in [3.05, 3.63) is 29.8 Å². The SMILES string of the molecule is COc1ccccc1C(CN(C)C)N1CCNCC1. The van der Waals surface area contributed by atoms with Gasteiger partial charge in [0, 0.05) is 38.3 Å². The number of likely N-dealkylation sites (N-methyl/N-ethyl adjacent to an activating group) is 1. The van der Waals surface area contributed by atoms with E-state index in [4.69, 9.17) is 4.74 Å². The Morgan fingerprint density at radius 2 is 1.95 bits per heavy atom. The van der Waals surface area contributed by atoms with Crippen molar-refractivity contribution in [2.45, 2.75) is 6.04 Å². The molecule has 1 aliphatic rings. The second kappa shape index (κ2) is 6.89. The maximum Gasteiger partial charge on any atom is 0.123 e. The van der Waals surface area contributed by atoms with Crippen LogP contribution in [-0.4, -0.2) is 63.7 Å². The van der Waals surface area contributed by atoms with Crippen LogP contribution in [0.3, 0.4) is 0 Å². The molecule has 1 heterocycles. The fourth-order valence-electron chi connectivity index (χ4n) is 2.69. The van der Waals surface area contributed by atoms with Crippen LogP contribution in [-0.2, 0) is 0 Å². The third kappa shape index (κ3) is 3.69. The zero-order valence-electron chi connectivity index (χ0n) is 12.2. The minimum atomic E-state index is 0.397. The molecule has 0 aliphatic carbocycles. The number of ether oxygens (including phenoxy) is 1. The van der Waals surface area contributed by atoms with Crippen LogP contribution in [0.2, 0.25) is 0 Å². The molecule has 19 heavy (non-hydrogen) atoms. The second-order valence-electron chi connectivity index (χ2n) is 5.31. The third-order valence-corrected chi connectivity index (χ3v) is 3.63. The molecule has 0 bridgehead atoms. The summed E-state index contributed by atoms with van der Waals surface area (Å²) in [6.07, 6.45) is 0. The Labute approximate surface area is 116 Å². The molecule has 1 aromatic carbocycles. The molecule has 1 aromatic rings. The molecule has 4 heteroatoms. The van der Waals surface area contributed by atoms with Crippen LogP contribution in [0.1, 0.15) is 11.6 Å². The number of para-hydroxylation sites is 1. The van der Waals surface area contributed by atoms with Crippen molar-refractivity contribution in [1.82, 2.24) is 15.1 Å². The molecule has 1 saturated heterocycles. The lowest BCUT2D eigenvalue weighted by Gasteiger charge is -2.37. The molecule has 2 rings (SSSR count). The minimum Gasteiger partial charge on any atom is -0.496 e. The second-order valence-corrected chi connectivity index (χ2v) is 5.31. The van der Waals surface area contributed by atoms with Crippen LogP contribution < -0.4 is 10.1 Å². The quantitative estimate of drug-likeness (QED) is 0.864. The Bertz CT molecular complexity index is 389. The van der Waals surface area contributed by atoms with Gasteiger partial charge in [-0.25, -0.2) is 0 Å². The largest absolute Gasteiger partial charge is 0.496 e. The Kier molecular flexibility index (Phi) is 5.19. The number of rotatable bonds is 5. The van der Waals surface area contributed by atoms with Gasteiger partial charge < -0.3 is 15.0 Å². The first-order chi connectivity index (χ1) is 9.22. The molecule has 0 spiro atoms. The average molecular weight is 263 g/mol. The monoisotopic (exact) mass is 263 g/mol. The Morgan fingerprint density at radius 1 is 1.26 bits per heavy atom. The predicted molar refractivity (Wildman–Crippen MR) is 78.7 cm³/mol.